The van der Waals surface area contributed by atoms with Crippen LogP contribution in [0, 0.1) is 11.8 Å². The maximum Gasteiger partial charge on any atom is 0.152 e. The highest BCUT2D eigenvalue weighted by Gasteiger charge is 2.28. The topological polar surface area (TPSA) is 16.6 Å². The van der Waals surface area contributed by atoms with Crippen LogP contribution >= 0.6 is 0 Å². The van der Waals surface area contributed by atoms with Gasteiger partial charge in [0.2, 0.25) is 0 Å². The van der Waals surface area contributed by atoms with Crippen molar-refractivity contribution in [3.05, 3.63) is 0 Å². The summed E-state index contributed by atoms with van der Waals surface area (Å²) in [6.45, 7) is 5.89. The Morgan fingerprint density at radius 3 is 2.30 bits per heavy atom. The molecule has 0 spiro atoms. The molecule has 1 aliphatic heterocycles. The second-order valence-electron chi connectivity index (χ2n) is 3.11. The predicted octanol–water partition coefficient (Wildman–Crippen LogP) is -2.82. The van der Waals surface area contributed by atoms with Gasteiger partial charge in [-0.25, -0.2) is 4.39 Å². The third kappa shape index (κ3) is 2.10. The standard InChI is InChI=1S/C7H14FN.ClH/c1-5-3-9-4-7(8)6(5)2;/h5-7,9H,3-4H2,1-2H3;1H/t5-,6-,7+;/m0./s1. The summed E-state index contributed by atoms with van der Waals surface area (Å²) in [5.41, 5.74) is 0. The molecule has 3 atom stereocenters. The molecule has 1 rings (SSSR count). The third-order valence-electron chi connectivity index (χ3n) is 2.40. The fourth-order valence-corrected chi connectivity index (χ4v) is 1.30. The Bertz CT molecular complexity index is 89.6. The van der Waals surface area contributed by atoms with E-state index >= 15 is 0 Å². The van der Waals surface area contributed by atoms with Crippen molar-refractivity contribution in [2.45, 2.75) is 20.0 Å². The van der Waals surface area contributed by atoms with E-state index in [1.165, 1.54) is 0 Å². The first-order chi connectivity index (χ1) is 4.22. The average molecular weight is 168 g/mol. The second-order valence-corrected chi connectivity index (χ2v) is 3.11. The fourth-order valence-electron chi connectivity index (χ4n) is 1.30. The first-order valence-corrected chi connectivity index (χ1v) is 3.67. The van der Waals surface area contributed by atoms with Crippen LogP contribution in [0.4, 0.5) is 4.39 Å². The number of rotatable bonds is 0. The Morgan fingerprint density at radius 2 is 1.90 bits per heavy atom. The normalized spacial score (nSPS) is 40.5. The van der Waals surface area contributed by atoms with Crippen molar-refractivity contribution in [1.82, 2.24) is 0 Å². The van der Waals surface area contributed by atoms with Gasteiger partial charge in [0.05, 0.1) is 6.54 Å². The van der Waals surface area contributed by atoms with Crippen LogP contribution in [-0.2, 0) is 0 Å². The van der Waals surface area contributed by atoms with Gasteiger partial charge in [-0.15, -0.1) is 0 Å². The first-order valence-electron chi connectivity index (χ1n) is 3.67. The van der Waals surface area contributed by atoms with E-state index in [4.69, 9.17) is 0 Å². The van der Waals surface area contributed by atoms with Crippen molar-refractivity contribution in [3.8, 4) is 0 Å². The summed E-state index contributed by atoms with van der Waals surface area (Å²) in [5.74, 6) is 0.823. The number of hydrogen-bond acceptors (Lipinski definition) is 0. The van der Waals surface area contributed by atoms with Gasteiger partial charge in [-0.3, -0.25) is 0 Å². The van der Waals surface area contributed by atoms with E-state index in [0.29, 0.717) is 12.5 Å². The minimum atomic E-state index is -0.575. The molecule has 1 fully saturated rings. The highest BCUT2D eigenvalue weighted by molar-refractivity contribution is 4.71. The highest BCUT2D eigenvalue weighted by Crippen LogP contribution is 2.17. The molecular formula is C7H15ClFN. The van der Waals surface area contributed by atoms with Gasteiger partial charge in [0, 0.05) is 11.8 Å². The van der Waals surface area contributed by atoms with Gasteiger partial charge in [-0.05, 0) is 0 Å². The molecule has 0 aromatic carbocycles. The minimum Gasteiger partial charge on any atom is -1.00 e. The SMILES string of the molecule is C[C@@H]1[C@H](F)C[NH2+]C[C@@H]1C.[Cl-]. The van der Waals surface area contributed by atoms with Crippen molar-refractivity contribution in [2.24, 2.45) is 11.8 Å². The third-order valence-corrected chi connectivity index (χ3v) is 2.40. The molecule has 0 saturated carbocycles. The van der Waals surface area contributed by atoms with E-state index in [1.54, 1.807) is 0 Å². The lowest BCUT2D eigenvalue weighted by molar-refractivity contribution is -0.676. The summed E-state index contributed by atoms with van der Waals surface area (Å²) >= 11 is 0. The molecule has 62 valence electrons. The molecule has 0 aromatic heterocycles. The van der Waals surface area contributed by atoms with Crippen LogP contribution in [-0.4, -0.2) is 19.3 Å². The lowest BCUT2D eigenvalue weighted by atomic mass is 9.88. The van der Waals surface area contributed by atoms with E-state index in [1.807, 2.05) is 6.92 Å². The molecule has 10 heavy (non-hydrogen) atoms. The lowest BCUT2D eigenvalue weighted by Crippen LogP contribution is -3.00. The van der Waals surface area contributed by atoms with Crippen molar-refractivity contribution in [1.29, 1.82) is 0 Å². The molecule has 0 amide bonds. The molecule has 2 N–H and O–H groups in total. The first kappa shape index (κ1) is 10.2. The molecule has 0 aromatic rings. The molecule has 0 unspecified atom stereocenters. The molecule has 1 aliphatic rings. The molecular weight excluding hydrogens is 153 g/mol. The Labute approximate surface area is 67.8 Å². The van der Waals surface area contributed by atoms with Crippen LogP contribution in [0.1, 0.15) is 13.8 Å². The van der Waals surface area contributed by atoms with Crippen molar-refractivity contribution < 1.29 is 22.1 Å². The molecule has 1 heterocycles. The van der Waals surface area contributed by atoms with Crippen LogP contribution in [0.2, 0.25) is 0 Å². The highest BCUT2D eigenvalue weighted by atomic mass is 35.5. The summed E-state index contributed by atoms with van der Waals surface area (Å²) < 4.78 is 12.8. The second kappa shape index (κ2) is 4.14. The summed E-state index contributed by atoms with van der Waals surface area (Å²) in [7, 11) is 0. The van der Waals surface area contributed by atoms with Crippen LogP contribution in [0.3, 0.4) is 0 Å². The average Bonchev–Trinajstić information content (AvgIpc) is 1.83. The lowest BCUT2D eigenvalue weighted by Gasteiger charge is -2.26. The maximum atomic E-state index is 12.8. The maximum absolute atomic E-state index is 12.8. The van der Waals surface area contributed by atoms with Gasteiger partial charge in [0.15, 0.2) is 6.17 Å². The molecule has 3 heteroatoms. The van der Waals surface area contributed by atoms with Crippen molar-refractivity contribution >= 4 is 0 Å². The van der Waals surface area contributed by atoms with Crippen LogP contribution < -0.4 is 17.7 Å². The zero-order chi connectivity index (χ0) is 6.85. The summed E-state index contributed by atoms with van der Waals surface area (Å²) in [5, 5.41) is 2.06. The molecule has 0 aliphatic carbocycles. The smallest absolute Gasteiger partial charge is 0.152 e. The van der Waals surface area contributed by atoms with Crippen molar-refractivity contribution in [3.63, 3.8) is 0 Å². The van der Waals surface area contributed by atoms with Gasteiger partial charge >= 0.3 is 0 Å². The van der Waals surface area contributed by atoms with Crippen LogP contribution in [0.15, 0.2) is 0 Å². The van der Waals surface area contributed by atoms with E-state index < -0.39 is 6.17 Å². The zero-order valence-electron chi connectivity index (χ0n) is 6.48. The number of alkyl halides is 1. The van der Waals surface area contributed by atoms with E-state index in [0.717, 1.165) is 6.54 Å². The Hall–Kier alpha value is 0.180. The molecule has 1 saturated heterocycles. The van der Waals surface area contributed by atoms with E-state index in [-0.39, 0.29) is 18.3 Å². The monoisotopic (exact) mass is 167 g/mol. The Kier molecular flexibility index (Phi) is 4.22. The fraction of sp³-hybridized carbons (Fsp3) is 1.00. The number of halogens is 2. The predicted molar refractivity (Wildman–Crippen MR) is 34.9 cm³/mol. The number of piperidine rings is 1. The van der Waals surface area contributed by atoms with E-state index in [9.17, 15) is 4.39 Å². The van der Waals surface area contributed by atoms with Gasteiger partial charge in [-0.1, -0.05) is 13.8 Å². The number of nitrogens with two attached hydrogens (primary N) is 1. The van der Waals surface area contributed by atoms with Crippen molar-refractivity contribution in [2.75, 3.05) is 13.1 Å². The van der Waals surface area contributed by atoms with E-state index in [2.05, 4.69) is 12.2 Å². The summed E-state index contributed by atoms with van der Waals surface area (Å²) in [6, 6.07) is 0. The number of quaternary nitrogens is 1. The zero-order valence-corrected chi connectivity index (χ0v) is 7.24. The summed E-state index contributed by atoms with van der Waals surface area (Å²) in [6.07, 6.45) is -0.575. The minimum absolute atomic E-state index is 0. The Balaban J connectivity index is 0.000000810. The van der Waals surface area contributed by atoms with Gasteiger partial charge in [0.1, 0.15) is 6.54 Å². The largest absolute Gasteiger partial charge is 1.00 e. The van der Waals surface area contributed by atoms with Crippen LogP contribution in [0.5, 0.6) is 0 Å². The summed E-state index contributed by atoms with van der Waals surface area (Å²) in [4.78, 5) is 0. The number of hydrogen-bond donors (Lipinski definition) is 1. The Morgan fingerprint density at radius 1 is 1.30 bits per heavy atom. The van der Waals surface area contributed by atoms with Gasteiger partial charge in [0.25, 0.3) is 0 Å². The van der Waals surface area contributed by atoms with Crippen LogP contribution in [0.25, 0.3) is 0 Å². The van der Waals surface area contributed by atoms with Gasteiger partial charge in [-0.2, -0.15) is 0 Å². The quantitative estimate of drug-likeness (QED) is 0.401. The molecule has 0 bridgehead atoms. The molecule has 0 radical (unpaired) electrons. The van der Waals surface area contributed by atoms with Gasteiger partial charge < -0.3 is 17.7 Å². The molecule has 1 nitrogen and oxygen atoms in total.